The third kappa shape index (κ3) is 4.73. The molecule has 1 aromatic rings. The number of amides is 3. The summed E-state index contributed by atoms with van der Waals surface area (Å²) in [7, 11) is 1.69. The van der Waals surface area contributed by atoms with Crippen molar-refractivity contribution in [1.29, 1.82) is 0 Å². The van der Waals surface area contributed by atoms with Crippen LogP contribution in [0.3, 0.4) is 0 Å². The number of rotatable bonds is 11. The van der Waals surface area contributed by atoms with Gasteiger partial charge in [0.15, 0.2) is 0 Å². The molecule has 1 aromatic carbocycles. The number of aliphatic hydroxyl groups is 1. The molecule has 0 aromatic heterocycles. The van der Waals surface area contributed by atoms with E-state index in [1.165, 1.54) is 0 Å². The lowest BCUT2D eigenvalue weighted by atomic mass is 9.70. The Morgan fingerprint density at radius 3 is 2.52 bits per heavy atom. The Kier molecular flexibility index (Phi) is 8.97. The molecule has 1 spiro atoms. The monoisotopic (exact) mass is 615 g/mol. The van der Waals surface area contributed by atoms with E-state index in [4.69, 9.17) is 4.74 Å². The fraction of sp³-hybridized carbons (Fsp3) is 0.581. The Balaban J connectivity index is 1.89. The molecule has 0 aliphatic carbocycles. The number of alkyl halides is 1. The average molecular weight is 617 g/mol. The maximum atomic E-state index is 14.8. The highest BCUT2D eigenvalue weighted by Gasteiger charge is 2.77. The first-order chi connectivity index (χ1) is 19.0. The molecule has 3 amide bonds. The quantitative estimate of drug-likeness (QED) is 0.303. The van der Waals surface area contributed by atoms with Crippen LogP contribution in [0.1, 0.15) is 37.8 Å². The van der Waals surface area contributed by atoms with Crippen LogP contribution in [0.15, 0.2) is 43.5 Å². The molecule has 0 saturated carbocycles. The van der Waals surface area contributed by atoms with Gasteiger partial charge < -0.3 is 24.5 Å². The first-order valence-electron chi connectivity index (χ1n) is 14.1. The minimum absolute atomic E-state index is 0.0809. The summed E-state index contributed by atoms with van der Waals surface area (Å²) in [5, 5.41) is 10.6. The fourth-order valence-electron chi connectivity index (χ4n) is 6.93. The van der Waals surface area contributed by atoms with Crippen LogP contribution >= 0.6 is 15.9 Å². The normalized spacial score (nSPS) is 30.1. The van der Waals surface area contributed by atoms with Crippen LogP contribution in [0.4, 0.5) is 5.69 Å². The number of halogens is 1. The smallest absolute Gasteiger partial charge is 0.253 e. The molecule has 1 N–H and O–H groups in total. The van der Waals surface area contributed by atoms with Gasteiger partial charge in [-0.25, -0.2) is 0 Å². The van der Waals surface area contributed by atoms with Crippen molar-refractivity contribution in [3.05, 3.63) is 54.6 Å². The summed E-state index contributed by atoms with van der Waals surface area (Å²) < 4.78 is 6.68. The van der Waals surface area contributed by atoms with Crippen molar-refractivity contribution in [3.63, 3.8) is 0 Å². The minimum Gasteiger partial charge on any atom is -0.394 e. The Hall–Kier alpha value is -2.49. The van der Waals surface area contributed by atoms with Gasteiger partial charge in [-0.05, 0) is 43.4 Å². The SMILES string of the molecule is C=CCN(C)C(=O)[C@H]1[C@@H]2OC3(CC2Br)C(C(=O)N(CC=C)c2cc(C)ccc2C)N([C@@H](CO)[C@@H](C)CC)C(=O)[C@H]13. The van der Waals surface area contributed by atoms with Crippen molar-refractivity contribution in [3.8, 4) is 0 Å². The third-order valence-electron chi connectivity index (χ3n) is 9.10. The first-order valence-corrected chi connectivity index (χ1v) is 15.0. The van der Waals surface area contributed by atoms with E-state index < -0.39 is 35.6 Å². The number of carbonyl (C=O) groups excluding carboxylic acids is 3. The second-order valence-corrected chi connectivity index (χ2v) is 12.8. The highest BCUT2D eigenvalue weighted by Crippen LogP contribution is 2.61. The van der Waals surface area contributed by atoms with Crippen molar-refractivity contribution in [1.82, 2.24) is 9.80 Å². The summed E-state index contributed by atoms with van der Waals surface area (Å²) in [6, 6.07) is 4.31. The van der Waals surface area contributed by atoms with Gasteiger partial charge in [0.1, 0.15) is 11.6 Å². The highest BCUT2D eigenvalue weighted by molar-refractivity contribution is 9.09. The molecule has 8 atom stereocenters. The number of benzene rings is 1. The Bertz CT molecular complexity index is 1190. The fourth-order valence-corrected chi connectivity index (χ4v) is 7.88. The van der Waals surface area contributed by atoms with E-state index >= 15 is 0 Å². The molecule has 2 bridgehead atoms. The molecule has 3 fully saturated rings. The van der Waals surface area contributed by atoms with Gasteiger partial charge in [-0.15, -0.1) is 13.2 Å². The molecule has 9 heteroatoms. The van der Waals surface area contributed by atoms with E-state index in [1.807, 2.05) is 45.9 Å². The number of ether oxygens (including phenoxy) is 1. The van der Waals surface area contributed by atoms with Crippen LogP contribution in [0.2, 0.25) is 0 Å². The number of carbonyl (C=O) groups is 3. The Labute approximate surface area is 246 Å². The summed E-state index contributed by atoms with van der Waals surface area (Å²) in [5.41, 5.74) is 1.45. The molecular formula is C31H42BrN3O5. The molecule has 8 nitrogen and oxygen atoms in total. The van der Waals surface area contributed by atoms with Crippen molar-refractivity contribution < 1.29 is 24.2 Å². The summed E-state index contributed by atoms with van der Waals surface area (Å²) in [6.45, 7) is 15.8. The standard InChI is InChI=1S/C31H42BrN3O5/c1-8-13-33(7)28(37)24-25-29(38)35(23(17-36)19(5)10-3)27(31(25)16-21(32)26(24)40-31)30(39)34(14-9-2)22-15-18(4)11-12-20(22)6/h8-9,11-12,15,19,21,23-27,36H,1-2,10,13-14,16-17H2,3-7H3/t19-,21?,23-,24+,25-,26+,27?,31?/m0/s1. The van der Waals surface area contributed by atoms with Gasteiger partial charge in [0.2, 0.25) is 11.8 Å². The van der Waals surface area contributed by atoms with Gasteiger partial charge in [-0.1, -0.05) is 60.5 Å². The van der Waals surface area contributed by atoms with Crippen LogP contribution < -0.4 is 4.90 Å². The lowest BCUT2D eigenvalue weighted by molar-refractivity contribution is -0.147. The van der Waals surface area contributed by atoms with Gasteiger partial charge in [-0.3, -0.25) is 14.4 Å². The van der Waals surface area contributed by atoms with Crippen molar-refractivity contribution in [2.45, 2.75) is 69.2 Å². The molecule has 218 valence electrons. The maximum absolute atomic E-state index is 14.8. The van der Waals surface area contributed by atoms with E-state index in [2.05, 4.69) is 29.1 Å². The minimum atomic E-state index is -1.21. The van der Waals surface area contributed by atoms with Gasteiger partial charge in [-0.2, -0.15) is 0 Å². The molecule has 0 radical (unpaired) electrons. The predicted octanol–water partition coefficient (Wildman–Crippen LogP) is 3.62. The zero-order valence-electron chi connectivity index (χ0n) is 24.2. The van der Waals surface area contributed by atoms with Gasteiger partial charge in [0, 0.05) is 30.7 Å². The van der Waals surface area contributed by atoms with E-state index in [1.54, 1.807) is 33.9 Å². The van der Waals surface area contributed by atoms with Crippen LogP contribution in [-0.4, -0.2) is 88.0 Å². The summed E-state index contributed by atoms with van der Waals surface area (Å²) in [6.07, 6.45) is 3.88. The van der Waals surface area contributed by atoms with Crippen molar-refractivity contribution in [2.24, 2.45) is 17.8 Å². The zero-order chi connectivity index (χ0) is 29.5. The number of likely N-dealkylation sites (tertiary alicyclic amines) is 1. The number of hydrogen-bond donors (Lipinski definition) is 1. The number of aryl methyl sites for hydroxylation is 2. The van der Waals surface area contributed by atoms with Crippen LogP contribution in [0.5, 0.6) is 0 Å². The number of anilines is 1. The second kappa shape index (κ2) is 11.8. The average Bonchev–Trinajstić information content (AvgIpc) is 3.52. The summed E-state index contributed by atoms with van der Waals surface area (Å²) in [5.74, 6) is -2.46. The second-order valence-electron chi connectivity index (χ2n) is 11.6. The lowest BCUT2D eigenvalue weighted by Crippen LogP contribution is -2.60. The molecule has 3 aliphatic heterocycles. The topological polar surface area (TPSA) is 90.4 Å². The molecule has 3 unspecified atom stereocenters. The molecule has 3 heterocycles. The molecule has 3 aliphatic rings. The summed E-state index contributed by atoms with van der Waals surface area (Å²) in [4.78, 5) is 47.7. The number of aliphatic hydroxyl groups excluding tert-OH is 1. The molecule has 40 heavy (non-hydrogen) atoms. The van der Waals surface area contributed by atoms with Gasteiger partial charge in [0.05, 0.1) is 30.6 Å². The number of nitrogens with zero attached hydrogens (tertiary/aromatic N) is 3. The van der Waals surface area contributed by atoms with E-state index in [9.17, 15) is 19.5 Å². The van der Waals surface area contributed by atoms with Crippen LogP contribution in [-0.2, 0) is 19.1 Å². The van der Waals surface area contributed by atoms with E-state index in [0.29, 0.717) is 19.4 Å². The van der Waals surface area contributed by atoms with Gasteiger partial charge in [0.25, 0.3) is 5.91 Å². The van der Waals surface area contributed by atoms with Gasteiger partial charge >= 0.3 is 0 Å². The van der Waals surface area contributed by atoms with Crippen LogP contribution in [0, 0.1) is 31.6 Å². The maximum Gasteiger partial charge on any atom is 0.253 e. The largest absolute Gasteiger partial charge is 0.394 e. The van der Waals surface area contributed by atoms with Crippen LogP contribution in [0.25, 0.3) is 0 Å². The van der Waals surface area contributed by atoms with E-state index in [-0.39, 0.29) is 41.6 Å². The Morgan fingerprint density at radius 2 is 1.93 bits per heavy atom. The highest BCUT2D eigenvalue weighted by atomic mass is 79.9. The van der Waals surface area contributed by atoms with Crippen molar-refractivity contribution in [2.75, 3.05) is 31.6 Å². The first kappa shape index (κ1) is 30.5. The third-order valence-corrected chi connectivity index (χ3v) is 9.95. The van der Waals surface area contributed by atoms with Crippen molar-refractivity contribution >= 4 is 39.3 Å². The lowest BCUT2D eigenvalue weighted by Gasteiger charge is -2.41. The Morgan fingerprint density at radius 1 is 1.25 bits per heavy atom. The number of fused-ring (bicyclic) bond motifs is 1. The number of likely N-dealkylation sites (N-methyl/N-ethyl adjacent to an activating group) is 1. The predicted molar refractivity (Wildman–Crippen MR) is 159 cm³/mol. The number of hydrogen-bond acceptors (Lipinski definition) is 5. The molecular weight excluding hydrogens is 574 g/mol. The zero-order valence-corrected chi connectivity index (χ0v) is 25.8. The molecule has 4 rings (SSSR count). The molecule has 3 saturated heterocycles. The summed E-state index contributed by atoms with van der Waals surface area (Å²) >= 11 is 3.73. The van der Waals surface area contributed by atoms with E-state index in [0.717, 1.165) is 16.8 Å².